The standard InChI is InChI=1S/C19H24N2O3S/c1-13(22)15-5-6-16(25-15)17(23)21-10-8-19(12-21)7-2-9-20(18(19)24)11-14-3-4-14/h5-6,14H,2-4,7-12H2,1H3/t19-/m1/s1. The van der Waals surface area contributed by atoms with Gasteiger partial charge in [-0.25, -0.2) is 0 Å². The normalized spacial score (nSPS) is 26.5. The topological polar surface area (TPSA) is 57.7 Å². The summed E-state index contributed by atoms with van der Waals surface area (Å²) < 4.78 is 0. The van der Waals surface area contributed by atoms with E-state index in [1.807, 2.05) is 9.80 Å². The minimum Gasteiger partial charge on any atom is -0.342 e. The van der Waals surface area contributed by atoms with Gasteiger partial charge >= 0.3 is 0 Å². The Kier molecular flexibility index (Phi) is 4.18. The van der Waals surface area contributed by atoms with Crippen LogP contribution in [0.5, 0.6) is 0 Å². The average molecular weight is 360 g/mol. The Morgan fingerprint density at radius 1 is 1.20 bits per heavy atom. The van der Waals surface area contributed by atoms with Crippen molar-refractivity contribution in [3.63, 3.8) is 0 Å². The van der Waals surface area contributed by atoms with Crippen LogP contribution in [0, 0.1) is 11.3 Å². The lowest BCUT2D eigenvalue weighted by Crippen LogP contribution is -2.50. The molecule has 5 nitrogen and oxygen atoms in total. The summed E-state index contributed by atoms with van der Waals surface area (Å²) in [6, 6.07) is 3.45. The van der Waals surface area contributed by atoms with Crippen LogP contribution in [0.2, 0.25) is 0 Å². The first-order valence-electron chi connectivity index (χ1n) is 9.18. The number of carbonyl (C=O) groups is 3. The van der Waals surface area contributed by atoms with Crippen LogP contribution in [0.4, 0.5) is 0 Å². The number of nitrogens with zero attached hydrogens (tertiary/aromatic N) is 2. The molecule has 0 radical (unpaired) electrons. The van der Waals surface area contributed by atoms with Gasteiger partial charge in [-0.15, -0.1) is 11.3 Å². The minimum atomic E-state index is -0.372. The Labute approximate surface area is 152 Å². The van der Waals surface area contributed by atoms with Crippen LogP contribution in [0.1, 0.15) is 58.4 Å². The van der Waals surface area contributed by atoms with Crippen molar-refractivity contribution in [3.8, 4) is 0 Å². The molecule has 134 valence electrons. The predicted molar refractivity (Wildman–Crippen MR) is 95.8 cm³/mol. The van der Waals surface area contributed by atoms with E-state index in [1.54, 1.807) is 12.1 Å². The smallest absolute Gasteiger partial charge is 0.263 e. The Morgan fingerprint density at radius 3 is 2.64 bits per heavy atom. The van der Waals surface area contributed by atoms with Crippen LogP contribution in [0.25, 0.3) is 0 Å². The Balaban J connectivity index is 1.46. The molecule has 1 atom stereocenters. The predicted octanol–water partition coefficient (Wildman–Crippen LogP) is 2.82. The number of thiophene rings is 1. The lowest BCUT2D eigenvalue weighted by Gasteiger charge is -2.39. The summed E-state index contributed by atoms with van der Waals surface area (Å²) in [5.41, 5.74) is -0.372. The number of rotatable bonds is 4. The molecule has 0 aromatic carbocycles. The van der Waals surface area contributed by atoms with Gasteiger partial charge in [0.05, 0.1) is 15.2 Å². The molecule has 3 aliphatic rings. The molecule has 2 aliphatic heterocycles. The van der Waals surface area contributed by atoms with Gasteiger partial charge in [0.25, 0.3) is 5.91 Å². The van der Waals surface area contributed by atoms with E-state index in [0.29, 0.717) is 28.8 Å². The zero-order valence-electron chi connectivity index (χ0n) is 14.6. The molecule has 25 heavy (non-hydrogen) atoms. The quantitative estimate of drug-likeness (QED) is 0.776. The van der Waals surface area contributed by atoms with Crippen molar-refractivity contribution in [1.82, 2.24) is 9.80 Å². The molecule has 3 heterocycles. The number of hydrogen-bond acceptors (Lipinski definition) is 4. The molecule has 2 amide bonds. The van der Waals surface area contributed by atoms with E-state index in [-0.39, 0.29) is 23.0 Å². The van der Waals surface area contributed by atoms with Gasteiger partial charge in [-0.2, -0.15) is 0 Å². The summed E-state index contributed by atoms with van der Waals surface area (Å²) in [5.74, 6) is 0.910. The third-order valence-electron chi connectivity index (χ3n) is 5.80. The maximum absolute atomic E-state index is 13.1. The summed E-state index contributed by atoms with van der Waals surface area (Å²) in [7, 11) is 0. The van der Waals surface area contributed by atoms with Crippen molar-refractivity contribution in [2.24, 2.45) is 11.3 Å². The maximum Gasteiger partial charge on any atom is 0.263 e. The molecule has 3 fully saturated rings. The highest BCUT2D eigenvalue weighted by molar-refractivity contribution is 7.15. The van der Waals surface area contributed by atoms with Crippen LogP contribution in [-0.2, 0) is 4.79 Å². The van der Waals surface area contributed by atoms with Crippen LogP contribution in [0.3, 0.4) is 0 Å². The molecular formula is C19H24N2O3S. The average Bonchev–Trinajstić information content (AvgIpc) is 3.11. The number of likely N-dealkylation sites (tertiary alicyclic amines) is 2. The van der Waals surface area contributed by atoms with E-state index in [9.17, 15) is 14.4 Å². The van der Waals surface area contributed by atoms with Gasteiger partial charge in [0, 0.05) is 26.2 Å². The van der Waals surface area contributed by atoms with Gasteiger partial charge in [0.1, 0.15) is 0 Å². The third-order valence-corrected chi connectivity index (χ3v) is 6.98. The highest BCUT2D eigenvalue weighted by Crippen LogP contribution is 2.42. The highest BCUT2D eigenvalue weighted by atomic mass is 32.1. The van der Waals surface area contributed by atoms with Crippen LogP contribution < -0.4 is 0 Å². The largest absolute Gasteiger partial charge is 0.342 e. The first-order chi connectivity index (χ1) is 12.0. The summed E-state index contributed by atoms with van der Waals surface area (Å²) in [4.78, 5) is 42.4. The lowest BCUT2D eigenvalue weighted by atomic mass is 9.78. The van der Waals surface area contributed by atoms with E-state index < -0.39 is 0 Å². The molecule has 1 aromatic rings. The number of piperidine rings is 1. The van der Waals surface area contributed by atoms with E-state index in [0.717, 1.165) is 32.4 Å². The summed E-state index contributed by atoms with van der Waals surface area (Å²) in [5, 5.41) is 0. The molecule has 1 aliphatic carbocycles. The van der Waals surface area contributed by atoms with E-state index in [1.165, 1.54) is 31.1 Å². The zero-order valence-corrected chi connectivity index (χ0v) is 15.4. The van der Waals surface area contributed by atoms with E-state index >= 15 is 0 Å². The van der Waals surface area contributed by atoms with Gasteiger partial charge in [-0.3, -0.25) is 14.4 Å². The maximum atomic E-state index is 13.1. The fraction of sp³-hybridized carbons (Fsp3) is 0.632. The van der Waals surface area contributed by atoms with Crippen molar-refractivity contribution >= 4 is 28.9 Å². The second kappa shape index (κ2) is 6.24. The number of ketones is 1. The number of carbonyl (C=O) groups excluding carboxylic acids is 3. The lowest BCUT2D eigenvalue weighted by molar-refractivity contribution is -0.145. The highest BCUT2D eigenvalue weighted by Gasteiger charge is 2.50. The SMILES string of the molecule is CC(=O)c1ccc(C(=O)N2CC[C@]3(CCCN(CC4CC4)C3=O)C2)s1. The fourth-order valence-electron chi connectivity index (χ4n) is 4.16. The summed E-state index contributed by atoms with van der Waals surface area (Å²) >= 11 is 1.25. The van der Waals surface area contributed by atoms with Gasteiger partial charge in [-0.05, 0) is 57.1 Å². The number of hydrogen-bond donors (Lipinski definition) is 0. The molecule has 1 spiro atoms. The van der Waals surface area contributed by atoms with Crippen molar-refractivity contribution in [2.45, 2.75) is 39.0 Å². The van der Waals surface area contributed by atoms with Gasteiger partial charge in [-0.1, -0.05) is 0 Å². The molecule has 0 N–H and O–H groups in total. The Morgan fingerprint density at radius 2 is 1.96 bits per heavy atom. The second-order valence-electron chi connectivity index (χ2n) is 7.78. The Bertz CT molecular complexity index is 724. The summed E-state index contributed by atoms with van der Waals surface area (Å²) in [6.45, 7) is 4.45. The van der Waals surface area contributed by atoms with Crippen LogP contribution >= 0.6 is 11.3 Å². The second-order valence-corrected chi connectivity index (χ2v) is 8.86. The Hall–Kier alpha value is -1.69. The monoisotopic (exact) mass is 360 g/mol. The van der Waals surface area contributed by atoms with Gasteiger partial charge < -0.3 is 9.80 Å². The van der Waals surface area contributed by atoms with Gasteiger partial charge in [0.15, 0.2) is 5.78 Å². The van der Waals surface area contributed by atoms with Crippen molar-refractivity contribution in [3.05, 3.63) is 21.9 Å². The molecule has 1 aromatic heterocycles. The molecule has 1 saturated carbocycles. The number of Topliss-reactive ketones (excluding diaryl/α,β-unsaturated/α-hetero) is 1. The zero-order chi connectivity index (χ0) is 17.6. The number of amides is 2. The third kappa shape index (κ3) is 3.12. The van der Waals surface area contributed by atoms with Crippen molar-refractivity contribution in [1.29, 1.82) is 0 Å². The van der Waals surface area contributed by atoms with Crippen LogP contribution in [-0.4, -0.2) is 53.6 Å². The van der Waals surface area contributed by atoms with E-state index in [4.69, 9.17) is 0 Å². The van der Waals surface area contributed by atoms with E-state index in [2.05, 4.69) is 0 Å². The molecule has 4 rings (SSSR count). The van der Waals surface area contributed by atoms with Crippen molar-refractivity contribution < 1.29 is 14.4 Å². The van der Waals surface area contributed by atoms with Gasteiger partial charge in [0.2, 0.25) is 5.91 Å². The van der Waals surface area contributed by atoms with Crippen LogP contribution in [0.15, 0.2) is 12.1 Å². The fourth-order valence-corrected chi connectivity index (χ4v) is 5.03. The summed E-state index contributed by atoms with van der Waals surface area (Å²) in [6.07, 6.45) is 5.19. The van der Waals surface area contributed by atoms with Crippen molar-refractivity contribution in [2.75, 3.05) is 26.2 Å². The molecule has 0 unspecified atom stereocenters. The first-order valence-corrected chi connectivity index (χ1v) is 10.00. The molecule has 0 bridgehead atoms. The minimum absolute atomic E-state index is 0.0138. The molecule has 6 heteroatoms. The molecule has 2 saturated heterocycles. The molecular weight excluding hydrogens is 336 g/mol. The first kappa shape index (κ1) is 16.8.